The third-order valence-electron chi connectivity index (χ3n) is 2.89. The zero-order valence-electron chi connectivity index (χ0n) is 12.1. The van der Waals surface area contributed by atoms with E-state index in [4.69, 9.17) is 14.2 Å². The van der Waals surface area contributed by atoms with Gasteiger partial charge in [-0.15, -0.1) is 0 Å². The molecule has 0 saturated heterocycles. The predicted molar refractivity (Wildman–Crippen MR) is 76.7 cm³/mol. The highest BCUT2D eigenvalue weighted by atomic mass is 16.5. The van der Waals surface area contributed by atoms with Crippen LogP contribution in [0.1, 0.15) is 24.9 Å². The van der Waals surface area contributed by atoms with Crippen LogP contribution in [0.2, 0.25) is 0 Å². The summed E-state index contributed by atoms with van der Waals surface area (Å²) in [6, 6.07) is 8.20. The molecule has 19 heavy (non-hydrogen) atoms. The van der Waals surface area contributed by atoms with Crippen molar-refractivity contribution in [2.45, 2.75) is 19.4 Å². The number of rotatable bonds is 10. The fourth-order valence-corrected chi connectivity index (χ4v) is 1.97. The Morgan fingerprint density at radius 1 is 1.16 bits per heavy atom. The van der Waals surface area contributed by atoms with Gasteiger partial charge in [-0.1, -0.05) is 25.1 Å². The van der Waals surface area contributed by atoms with E-state index >= 15 is 0 Å². The first kappa shape index (κ1) is 16.0. The lowest BCUT2D eigenvalue weighted by Crippen LogP contribution is -2.26. The van der Waals surface area contributed by atoms with Crippen molar-refractivity contribution in [2.75, 3.05) is 40.6 Å². The van der Waals surface area contributed by atoms with Crippen molar-refractivity contribution < 1.29 is 14.2 Å². The first-order chi connectivity index (χ1) is 9.33. The van der Waals surface area contributed by atoms with Crippen molar-refractivity contribution in [1.82, 2.24) is 5.32 Å². The number of ether oxygens (including phenoxy) is 3. The predicted octanol–water partition coefficient (Wildman–Crippen LogP) is 2.40. The molecule has 0 radical (unpaired) electrons. The van der Waals surface area contributed by atoms with Crippen molar-refractivity contribution >= 4 is 0 Å². The SMILES string of the molecule is CCNC(COCCCOC)c1ccccc1OC. The maximum Gasteiger partial charge on any atom is 0.123 e. The van der Waals surface area contributed by atoms with E-state index in [0.29, 0.717) is 13.2 Å². The molecule has 0 aliphatic rings. The molecule has 4 heteroatoms. The molecular weight excluding hydrogens is 242 g/mol. The second-order valence-corrected chi connectivity index (χ2v) is 4.27. The average Bonchev–Trinajstić information content (AvgIpc) is 2.46. The minimum Gasteiger partial charge on any atom is -0.496 e. The number of nitrogens with one attached hydrogen (secondary N) is 1. The third-order valence-corrected chi connectivity index (χ3v) is 2.89. The molecule has 0 aliphatic heterocycles. The van der Waals surface area contributed by atoms with Gasteiger partial charge in [-0.3, -0.25) is 0 Å². The minimum atomic E-state index is 0.156. The van der Waals surface area contributed by atoms with Gasteiger partial charge in [0.2, 0.25) is 0 Å². The van der Waals surface area contributed by atoms with Crippen molar-refractivity contribution in [3.8, 4) is 5.75 Å². The maximum absolute atomic E-state index is 5.71. The van der Waals surface area contributed by atoms with Gasteiger partial charge in [0.05, 0.1) is 19.8 Å². The maximum atomic E-state index is 5.71. The second-order valence-electron chi connectivity index (χ2n) is 4.27. The Morgan fingerprint density at radius 3 is 2.63 bits per heavy atom. The van der Waals surface area contributed by atoms with Gasteiger partial charge in [-0.05, 0) is 19.0 Å². The summed E-state index contributed by atoms with van der Waals surface area (Å²) in [5.74, 6) is 0.897. The van der Waals surface area contributed by atoms with Crippen LogP contribution in [0, 0.1) is 0 Å². The van der Waals surface area contributed by atoms with Gasteiger partial charge in [0.25, 0.3) is 0 Å². The van der Waals surface area contributed by atoms with E-state index in [1.807, 2.05) is 18.2 Å². The lowest BCUT2D eigenvalue weighted by Gasteiger charge is -2.20. The van der Waals surface area contributed by atoms with E-state index in [-0.39, 0.29) is 6.04 Å². The van der Waals surface area contributed by atoms with Crippen LogP contribution in [-0.4, -0.2) is 40.6 Å². The number of hydrogen-bond acceptors (Lipinski definition) is 4. The number of benzene rings is 1. The second kappa shape index (κ2) is 9.78. The first-order valence-electron chi connectivity index (χ1n) is 6.76. The van der Waals surface area contributed by atoms with Gasteiger partial charge in [-0.2, -0.15) is 0 Å². The van der Waals surface area contributed by atoms with Gasteiger partial charge in [0, 0.05) is 25.9 Å². The summed E-state index contributed by atoms with van der Waals surface area (Å²) < 4.78 is 16.1. The van der Waals surface area contributed by atoms with Gasteiger partial charge in [-0.25, -0.2) is 0 Å². The van der Waals surface area contributed by atoms with Crippen LogP contribution in [-0.2, 0) is 9.47 Å². The Hall–Kier alpha value is -1.10. The molecule has 1 unspecified atom stereocenters. The molecule has 4 nitrogen and oxygen atoms in total. The monoisotopic (exact) mass is 267 g/mol. The van der Waals surface area contributed by atoms with Crippen LogP contribution >= 0.6 is 0 Å². The smallest absolute Gasteiger partial charge is 0.123 e. The van der Waals surface area contributed by atoms with Gasteiger partial charge < -0.3 is 19.5 Å². The fraction of sp³-hybridized carbons (Fsp3) is 0.600. The van der Waals surface area contributed by atoms with E-state index < -0.39 is 0 Å². The molecule has 1 aromatic rings. The van der Waals surface area contributed by atoms with Crippen LogP contribution in [0.4, 0.5) is 0 Å². The first-order valence-corrected chi connectivity index (χ1v) is 6.76. The summed E-state index contributed by atoms with van der Waals surface area (Å²) in [4.78, 5) is 0. The molecule has 0 fully saturated rings. The molecule has 1 N–H and O–H groups in total. The van der Waals surface area contributed by atoms with Gasteiger partial charge in [0.1, 0.15) is 5.75 Å². The topological polar surface area (TPSA) is 39.7 Å². The van der Waals surface area contributed by atoms with Crippen LogP contribution in [0.5, 0.6) is 5.75 Å². The summed E-state index contributed by atoms with van der Waals surface area (Å²) in [5, 5.41) is 3.43. The molecule has 1 atom stereocenters. The summed E-state index contributed by atoms with van der Waals surface area (Å²) in [6.07, 6.45) is 0.918. The Labute approximate surface area is 116 Å². The number of hydrogen-bond donors (Lipinski definition) is 1. The molecule has 1 rings (SSSR count). The molecule has 0 aliphatic carbocycles. The third kappa shape index (κ3) is 5.59. The summed E-state index contributed by atoms with van der Waals surface area (Å²) in [7, 11) is 3.40. The van der Waals surface area contributed by atoms with Crippen molar-refractivity contribution in [1.29, 1.82) is 0 Å². The highest BCUT2D eigenvalue weighted by molar-refractivity contribution is 5.35. The summed E-state index contributed by atoms with van der Waals surface area (Å²) in [6.45, 7) is 5.07. The molecule has 0 amide bonds. The molecule has 1 aromatic carbocycles. The van der Waals surface area contributed by atoms with E-state index in [1.165, 1.54) is 0 Å². The zero-order valence-corrected chi connectivity index (χ0v) is 12.1. The van der Waals surface area contributed by atoms with Crippen molar-refractivity contribution in [2.24, 2.45) is 0 Å². The lowest BCUT2D eigenvalue weighted by atomic mass is 10.1. The molecular formula is C15H25NO3. The fourth-order valence-electron chi connectivity index (χ4n) is 1.97. The Morgan fingerprint density at radius 2 is 1.95 bits per heavy atom. The molecule has 0 bridgehead atoms. The van der Waals surface area contributed by atoms with Crippen LogP contribution in [0.25, 0.3) is 0 Å². The standard InChI is InChI=1S/C15H25NO3/c1-4-16-14(12-19-11-7-10-17-2)13-8-5-6-9-15(13)18-3/h5-6,8-9,14,16H,4,7,10-12H2,1-3H3. The molecule has 0 saturated carbocycles. The van der Waals surface area contributed by atoms with Crippen molar-refractivity contribution in [3.05, 3.63) is 29.8 Å². The normalized spacial score (nSPS) is 12.4. The van der Waals surface area contributed by atoms with E-state index in [0.717, 1.165) is 30.9 Å². The number of para-hydroxylation sites is 1. The number of methoxy groups -OCH3 is 2. The van der Waals surface area contributed by atoms with Crippen LogP contribution in [0.3, 0.4) is 0 Å². The molecule has 108 valence electrons. The Kier molecular flexibility index (Phi) is 8.21. The number of likely N-dealkylation sites (N-methyl/N-ethyl adjacent to an activating group) is 1. The van der Waals surface area contributed by atoms with E-state index in [1.54, 1.807) is 14.2 Å². The minimum absolute atomic E-state index is 0.156. The Bertz CT molecular complexity index is 344. The summed E-state index contributed by atoms with van der Waals surface area (Å²) >= 11 is 0. The summed E-state index contributed by atoms with van der Waals surface area (Å²) in [5.41, 5.74) is 1.14. The van der Waals surface area contributed by atoms with Gasteiger partial charge >= 0.3 is 0 Å². The lowest BCUT2D eigenvalue weighted by molar-refractivity contribution is 0.0873. The van der Waals surface area contributed by atoms with Gasteiger partial charge in [0.15, 0.2) is 0 Å². The average molecular weight is 267 g/mol. The van der Waals surface area contributed by atoms with Crippen LogP contribution < -0.4 is 10.1 Å². The highest BCUT2D eigenvalue weighted by Crippen LogP contribution is 2.24. The Balaban J connectivity index is 2.55. The van der Waals surface area contributed by atoms with Crippen molar-refractivity contribution in [3.63, 3.8) is 0 Å². The van der Waals surface area contributed by atoms with Crippen LogP contribution in [0.15, 0.2) is 24.3 Å². The molecule has 0 aromatic heterocycles. The molecule has 0 spiro atoms. The highest BCUT2D eigenvalue weighted by Gasteiger charge is 2.14. The zero-order chi connectivity index (χ0) is 13.9. The van der Waals surface area contributed by atoms with E-state index in [9.17, 15) is 0 Å². The molecule has 0 heterocycles. The van der Waals surface area contributed by atoms with E-state index in [2.05, 4.69) is 18.3 Å². The largest absolute Gasteiger partial charge is 0.496 e. The quantitative estimate of drug-likeness (QED) is 0.661.